The zero-order valence-corrected chi connectivity index (χ0v) is 22.2. The van der Waals surface area contributed by atoms with Gasteiger partial charge in [-0.2, -0.15) is 4.67 Å². The Bertz CT molecular complexity index is 1870. The predicted octanol–water partition coefficient (Wildman–Crippen LogP) is 10.4. The monoisotopic (exact) mass is 523 g/mol. The van der Waals surface area contributed by atoms with Gasteiger partial charge < -0.3 is 8.39 Å². The minimum Gasteiger partial charge on any atom is -0.408 e. The van der Waals surface area contributed by atoms with Crippen LogP contribution in [0.4, 0.5) is 0 Å². The van der Waals surface area contributed by atoms with Crippen LogP contribution in [0, 0.1) is 0 Å². The van der Waals surface area contributed by atoms with E-state index >= 15 is 0 Å². The Labute approximate surface area is 227 Å². The number of hydrogen-bond acceptors (Lipinski definition) is 3. The zero-order valence-electron chi connectivity index (χ0n) is 21.3. The van der Waals surface area contributed by atoms with E-state index in [2.05, 4.69) is 138 Å². The highest BCUT2D eigenvalue weighted by Gasteiger charge is 2.44. The van der Waals surface area contributed by atoms with Crippen LogP contribution in [0.2, 0.25) is 0 Å². The van der Waals surface area contributed by atoms with Gasteiger partial charge in [-0.25, -0.2) is 0 Å². The lowest BCUT2D eigenvalue weighted by Gasteiger charge is -2.46. The Morgan fingerprint density at radius 1 is 0.487 bits per heavy atom. The smallest absolute Gasteiger partial charge is 0.310 e. The molecule has 39 heavy (non-hydrogen) atoms. The van der Waals surface area contributed by atoms with Crippen molar-refractivity contribution in [2.75, 3.05) is 4.67 Å². The molecule has 0 amide bonds. The molecule has 0 spiro atoms. The molecule has 7 aromatic rings. The van der Waals surface area contributed by atoms with Gasteiger partial charge >= 0.3 is 8.16 Å². The molecule has 0 saturated carbocycles. The Hall–Kier alpha value is -4.30. The molecule has 8 rings (SSSR count). The van der Waals surface area contributed by atoms with Gasteiger partial charge in [0.15, 0.2) is 0 Å². The van der Waals surface area contributed by atoms with E-state index in [0.29, 0.717) is 0 Å². The summed E-state index contributed by atoms with van der Waals surface area (Å²) in [6.45, 7) is 0. The van der Waals surface area contributed by atoms with E-state index in [4.69, 9.17) is 8.39 Å². The lowest BCUT2D eigenvalue weighted by molar-refractivity contribution is 0.366. The molecular weight excluding hydrogens is 497 g/mol. The lowest BCUT2D eigenvalue weighted by Crippen LogP contribution is -2.42. The molecule has 1 aromatic heterocycles. The van der Waals surface area contributed by atoms with E-state index in [1.807, 2.05) is 0 Å². The van der Waals surface area contributed by atoms with Gasteiger partial charge in [0, 0.05) is 10.8 Å². The maximum atomic E-state index is 6.97. The van der Waals surface area contributed by atoms with Crippen LogP contribution in [0.25, 0.3) is 43.5 Å². The number of benzene rings is 6. The van der Waals surface area contributed by atoms with Crippen LogP contribution in [-0.4, -0.2) is 0 Å². The Kier molecular flexibility index (Phi) is 5.33. The second-order valence-electron chi connectivity index (χ2n) is 10.2. The van der Waals surface area contributed by atoms with Gasteiger partial charge in [-0.05, 0) is 51.2 Å². The third kappa shape index (κ3) is 3.70. The summed E-state index contributed by atoms with van der Waals surface area (Å²) in [5, 5.41) is 6.96. The van der Waals surface area contributed by atoms with Gasteiger partial charge in [0.05, 0.1) is 12.1 Å². The third-order valence-corrected chi connectivity index (χ3v) is 9.67. The van der Waals surface area contributed by atoms with Gasteiger partial charge in [0.1, 0.15) is 11.2 Å². The minimum absolute atomic E-state index is 0.216. The first-order chi connectivity index (χ1) is 19.3. The van der Waals surface area contributed by atoms with E-state index in [-0.39, 0.29) is 12.1 Å². The quantitative estimate of drug-likeness (QED) is 0.231. The molecule has 1 fully saturated rings. The number of fused-ring (bicyclic) bond motifs is 7. The van der Waals surface area contributed by atoms with E-state index in [1.54, 1.807) is 0 Å². The van der Waals surface area contributed by atoms with Gasteiger partial charge in [-0.3, -0.25) is 0 Å². The molecule has 0 bridgehead atoms. The van der Waals surface area contributed by atoms with Crippen molar-refractivity contribution in [2.45, 2.75) is 18.5 Å². The number of rotatable bonds is 3. The molecule has 6 aromatic carbocycles. The first-order valence-electron chi connectivity index (χ1n) is 13.4. The van der Waals surface area contributed by atoms with Crippen LogP contribution in [0.15, 0.2) is 142 Å². The summed E-state index contributed by atoms with van der Waals surface area (Å²) in [5.74, 6) is 0. The molecule has 1 saturated heterocycles. The maximum absolute atomic E-state index is 6.97. The largest absolute Gasteiger partial charge is 0.408 e. The fourth-order valence-corrected chi connectivity index (χ4v) is 7.89. The first-order valence-corrected chi connectivity index (χ1v) is 14.6. The molecule has 188 valence electrons. The first kappa shape index (κ1) is 22.7. The van der Waals surface area contributed by atoms with Crippen molar-refractivity contribution in [3.8, 4) is 0 Å². The summed E-state index contributed by atoms with van der Waals surface area (Å²) in [6, 6.07) is 47.6. The fraction of sp³-hybridized carbons (Fsp3) is 0.0857. The van der Waals surface area contributed by atoms with Gasteiger partial charge in [-0.15, -0.1) is 0 Å². The second-order valence-corrected chi connectivity index (χ2v) is 11.5. The van der Waals surface area contributed by atoms with E-state index in [0.717, 1.165) is 28.4 Å². The van der Waals surface area contributed by atoms with E-state index in [9.17, 15) is 0 Å². The molecule has 1 aliphatic heterocycles. The molecular formula is C35H26NO2P. The van der Waals surface area contributed by atoms with Crippen molar-refractivity contribution in [3.05, 3.63) is 145 Å². The van der Waals surface area contributed by atoms with E-state index < -0.39 is 8.16 Å². The van der Waals surface area contributed by atoms with Crippen LogP contribution in [0.5, 0.6) is 0 Å². The Balaban J connectivity index is 1.46. The van der Waals surface area contributed by atoms with Crippen molar-refractivity contribution in [3.63, 3.8) is 0 Å². The standard InChI is InChI=1S/C35H26NO2P/c1-3-13-26(14-4-1)30-23-31(27-15-5-2-6-16-27)36(30)39-37-32-21-19-24-11-7-9-17-28(24)34(32)35-29-18-10-8-12-25(29)20-22-33(35)38-39/h1-22,30-31H,23H2/t30-,31-/m1/s1. The van der Waals surface area contributed by atoms with E-state index in [1.165, 1.54) is 32.7 Å². The van der Waals surface area contributed by atoms with Crippen LogP contribution in [-0.2, 0) is 0 Å². The normalized spacial score (nSPS) is 17.5. The minimum atomic E-state index is -1.45. The van der Waals surface area contributed by atoms with Gasteiger partial charge in [-0.1, -0.05) is 121 Å². The Morgan fingerprint density at radius 2 is 0.923 bits per heavy atom. The van der Waals surface area contributed by atoms with Crippen LogP contribution in [0.3, 0.4) is 0 Å². The predicted molar refractivity (Wildman–Crippen MR) is 163 cm³/mol. The van der Waals surface area contributed by atoms with Crippen LogP contribution < -0.4 is 4.67 Å². The highest BCUT2D eigenvalue weighted by atomic mass is 31.1. The molecule has 2 atom stereocenters. The third-order valence-electron chi connectivity index (χ3n) is 8.03. The summed E-state index contributed by atoms with van der Waals surface area (Å²) in [6.07, 6.45) is 1.02. The highest BCUT2D eigenvalue weighted by molar-refractivity contribution is 7.39. The topological polar surface area (TPSA) is 29.5 Å². The van der Waals surface area contributed by atoms with Crippen LogP contribution >= 0.6 is 8.16 Å². The molecule has 2 heterocycles. The fourth-order valence-electron chi connectivity index (χ4n) is 6.11. The number of hydrogen-bond donors (Lipinski definition) is 0. The Morgan fingerprint density at radius 3 is 1.41 bits per heavy atom. The molecule has 0 aliphatic carbocycles. The average Bonchev–Trinajstić information content (AvgIpc) is 3.15. The molecule has 3 nitrogen and oxygen atoms in total. The zero-order chi connectivity index (χ0) is 25.8. The summed E-state index contributed by atoms with van der Waals surface area (Å²) in [7, 11) is -1.45. The van der Waals surface area contributed by atoms with Gasteiger partial charge in [0.2, 0.25) is 0 Å². The SMILES string of the molecule is c1ccc([C@H]2C[C@H](c3ccccc3)N2p2oc3ccc4ccccc4c3c3c(ccc4ccccc43)o2)cc1. The van der Waals surface area contributed by atoms with Crippen molar-refractivity contribution in [2.24, 2.45) is 0 Å². The van der Waals surface area contributed by atoms with Crippen molar-refractivity contribution in [1.29, 1.82) is 0 Å². The molecule has 0 unspecified atom stereocenters. The second kappa shape index (κ2) is 9.17. The van der Waals surface area contributed by atoms with Crippen molar-refractivity contribution in [1.82, 2.24) is 0 Å². The van der Waals surface area contributed by atoms with Crippen LogP contribution in [0.1, 0.15) is 29.6 Å². The molecule has 0 radical (unpaired) electrons. The van der Waals surface area contributed by atoms with Crippen molar-refractivity contribution >= 4 is 51.6 Å². The summed E-state index contributed by atoms with van der Waals surface area (Å²) >= 11 is 0. The average molecular weight is 524 g/mol. The molecule has 4 heteroatoms. The van der Waals surface area contributed by atoms with Gasteiger partial charge in [0.25, 0.3) is 0 Å². The summed E-state index contributed by atoms with van der Waals surface area (Å²) in [5.41, 5.74) is 4.34. The summed E-state index contributed by atoms with van der Waals surface area (Å²) in [4.78, 5) is 0. The molecule has 0 N–H and O–H groups in total. The van der Waals surface area contributed by atoms with Crippen molar-refractivity contribution < 1.29 is 8.39 Å². The highest BCUT2D eigenvalue weighted by Crippen LogP contribution is 2.56. The number of nitrogens with zero attached hydrogens (tertiary/aromatic N) is 1. The summed E-state index contributed by atoms with van der Waals surface area (Å²) < 4.78 is 16.4. The maximum Gasteiger partial charge on any atom is 0.310 e. The molecule has 1 aliphatic rings. The lowest BCUT2D eigenvalue weighted by atomic mass is 9.86.